The third-order valence-corrected chi connectivity index (χ3v) is 2.99. The van der Waals surface area contributed by atoms with E-state index in [-0.39, 0.29) is 0 Å². The van der Waals surface area contributed by atoms with Crippen LogP contribution in [-0.2, 0) is 0 Å². The van der Waals surface area contributed by atoms with E-state index in [1.807, 2.05) is 6.92 Å². The standard InChI is InChI=1S/C10H15F3N2OS/c1-3-4-15(6-10(11,12)13)9-14-8(5-17-9)7(2)16/h5,7,16H,3-4,6H2,1-2H3. The van der Waals surface area contributed by atoms with Crippen LogP contribution in [-0.4, -0.2) is 29.4 Å². The summed E-state index contributed by atoms with van der Waals surface area (Å²) in [4.78, 5) is 5.20. The number of rotatable bonds is 5. The lowest BCUT2D eigenvalue weighted by Gasteiger charge is -2.22. The average molecular weight is 268 g/mol. The fraction of sp³-hybridized carbons (Fsp3) is 0.700. The summed E-state index contributed by atoms with van der Waals surface area (Å²) in [5.41, 5.74) is 0.410. The molecule has 1 rings (SSSR count). The first-order valence-electron chi connectivity index (χ1n) is 5.28. The largest absolute Gasteiger partial charge is 0.406 e. The van der Waals surface area contributed by atoms with E-state index in [9.17, 15) is 18.3 Å². The summed E-state index contributed by atoms with van der Waals surface area (Å²) in [5.74, 6) is 0. The smallest absolute Gasteiger partial charge is 0.387 e. The van der Waals surface area contributed by atoms with Crippen LogP contribution in [0.1, 0.15) is 32.1 Å². The molecule has 0 aliphatic heterocycles. The van der Waals surface area contributed by atoms with E-state index >= 15 is 0 Å². The maximum atomic E-state index is 12.4. The number of aromatic nitrogens is 1. The monoisotopic (exact) mass is 268 g/mol. The van der Waals surface area contributed by atoms with Gasteiger partial charge in [0.05, 0.1) is 11.8 Å². The zero-order valence-electron chi connectivity index (χ0n) is 9.66. The van der Waals surface area contributed by atoms with Gasteiger partial charge in [-0.3, -0.25) is 0 Å². The van der Waals surface area contributed by atoms with E-state index in [0.29, 0.717) is 23.8 Å². The molecule has 0 aromatic carbocycles. The highest BCUT2D eigenvalue weighted by Crippen LogP contribution is 2.27. The summed E-state index contributed by atoms with van der Waals surface area (Å²) >= 11 is 1.12. The number of alkyl halides is 3. The highest BCUT2D eigenvalue weighted by molar-refractivity contribution is 7.13. The molecule has 7 heteroatoms. The number of aliphatic hydroxyl groups is 1. The predicted molar refractivity (Wildman–Crippen MR) is 61.3 cm³/mol. The van der Waals surface area contributed by atoms with Gasteiger partial charge in [0.2, 0.25) is 0 Å². The van der Waals surface area contributed by atoms with Gasteiger partial charge in [-0.1, -0.05) is 6.92 Å². The summed E-state index contributed by atoms with van der Waals surface area (Å²) < 4.78 is 37.1. The maximum absolute atomic E-state index is 12.4. The van der Waals surface area contributed by atoms with E-state index in [4.69, 9.17) is 0 Å². The van der Waals surface area contributed by atoms with Crippen molar-refractivity contribution in [3.8, 4) is 0 Å². The van der Waals surface area contributed by atoms with Gasteiger partial charge in [0.1, 0.15) is 6.54 Å². The molecule has 0 saturated heterocycles. The Hall–Kier alpha value is -0.820. The van der Waals surface area contributed by atoms with Crippen LogP contribution < -0.4 is 4.90 Å². The lowest BCUT2D eigenvalue weighted by molar-refractivity contribution is -0.119. The van der Waals surface area contributed by atoms with Crippen molar-refractivity contribution in [2.75, 3.05) is 18.0 Å². The minimum absolute atomic E-state index is 0.298. The van der Waals surface area contributed by atoms with Gasteiger partial charge in [0.25, 0.3) is 0 Å². The van der Waals surface area contributed by atoms with E-state index in [2.05, 4.69) is 4.98 Å². The predicted octanol–water partition coefficient (Wildman–Crippen LogP) is 2.98. The summed E-state index contributed by atoms with van der Waals surface area (Å²) in [7, 11) is 0. The molecule has 1 heterocycles. The SMILES string of the molecule is CCCN(CC(F)(F)F)c1nc(C(C)O)cs1. The Morgan fingerprint density at radius 3 is 2.59 bits per heavy atom. The van der Waals surface area contributed by atoms with Gasteiger partial charge >= 0.3 is 6.18 Å². The van der Waals surface area contributed by atoms with Crippen LogP contribution in [0.15, 0.2) is 5.38 Å². The van der Waals surface area contributed by atoms with Gasteiger partial charge in [-0.25, -0.2) is 4.98 Å². The van der Waals surface area contributed by atoms with Gasteiger partial charge in [-0.05, 0) is 13.3 Å². The van der Waals surface area contributed by atoms with Gasteiger partial charge in [-0.15, -0.1) is 11.3 Å². The minimum atomic E-state index is -4.24. The van der Waals surface area contributed by atoms with E-state index in [1.165, 1.54) is 11.8 Å². The van der Waals surface area contributed by atoms with E-state index < -0.39 is 18.8 Å². The molecule has 0 aliphatic carbocycles. The van der Waals surface area contributed by atoms with Crippen LogP contribution >= 0.6 is 11.3 Å². The van der Waals surface area contributed by atoms with Gasteiger partial charge < -0.3 is 10.0 Å². The van der Waals surface area contributed by atoms with Crippen molar-refractivity contribution in [2.45, 2.75) is 32.5 Å². The van der Waals surface area contributed by atoms with Crippen LogP contribution in [0, 0.1) is 0 Å². The molecule has 0 radical (unpaired) electrons. The molecule has 1 aromatic rings. The van der Waals surface area contributed by atoms with Crippen molar-refractivity contribution in [3.05, 3.63) is 11.1 Å². The summed E-state index contributed by atoms with van der Waals surface area (Å²) in [5, 5.41) is 11.2. The minimum Gasteiger partial charge on any atom is -0.387 e. The van der Waals surface area contributed by atoms with Crippen molar-refractivity contribution >= 4 is 16.5 Å². The molecule has 1 N–H and O–H groups in total. The molecule has 1 unspecified atom stereocenters. The molecule has 0 fully saturated rings. The Kier molecular flexibility index (Phi) is 4.76. The second-order valence-electron chi connectivity index (χ2n) is 3.77. The van der Waals surface area contributed by atoms with Gasteiger partial charge in [-0.2, -0.15) is 13.2 Å². The third kappa shape index (κ3) is 4.51. The topological polar surface area (TPSA) is 36.4 Å². The fourth-order valence-electron chi connectivity index (χ4n) is 1.34. The number of thiazole rings is 1. The first kappa shape index (κ1) is 14.2. The van der Waals surface area contributed by atoms with Gasteiger partial charge in [0.15, 0.2) is 5.13 Å². The number of halogens is 3. The molecular formula is C10H15F3N2OS. The number of aliphatic hydroxyl groups excluding tert-OH is 1. The first-order chi connectivity index (χ1) is 7.83. The highest BCUT2D eigenvalue weighted by Gasteiger charge is 2.31. The number of hydrogen-bond donors (Lipinski definition) is 1. The molecule has 1 aromatic heterocycles. The van der Waals surface area contributed by atoms with E-state index in [1.54, 1.807) is 5.38 Å². The number of nitrogens with zero attached hydrogens (tertiary/aromatic N) is 2. The fourth-order valence-corrected chi connectivity index (χ4v) is 2.28. The first-order valence-corrected chi connectivity index (χ1v) is 6.16. The molecule has 0 amide bonds. The van der Waals surface area contributed by atoms with Crippen molar-refractivity contribution in [3.63, 3.8) is 0 Å². The summed E-state index contributed by atoms with van der Waals surface area (Å²) in [6, 6.07) is 0. The maximum Gasteiger partial charge on any atom is 0.406 e. The lowest BCUT2D eigenvalue weighted by Crippen LogP contribution is -2.34. The van der Waals surface area contributed by atoms with Crippen LogP contribution in [0.3, 0.4) is 0 Å². The Morgan fingerprint density at radius 1 is 1.53 bits per heavy atom. The Labute approximate surface area is 102 Å². The quantitative estimate of drug-likeness (QED) is 0.892. The van der Waals surface area contributed by atoms with Crippen molar-refractivity contribution in [1.29, 1.82) is 0 Å². The molecule has 0 aliphatic rings. The van der Waals surface area contributed by atoms with Crippen LogP contribution in [0.25, 0.3) is 0 Å². The molecule has 0 spiro atoms. The van der Waals surface area contributed by atoms with Crippen LogP contribution in [0.2, 0.25) is 0 Å². The molecule has 1 atom stereocenters. The summed E-state index contributed by atoms with van der Waals surface area (Å²) in [6.07, 6.45) is -4.39. The Morgan fingerprint density at radius 2 is 2.18 bits per heavy atom. The second-order valence-corrected chi connectivity index (χ2v) is 4.60. The number of hydrogen-bond acceptors (Lipinski definition) is 4. The Bertz CT molecular complexity index is 352. The van der Waals surface area contributed by atoms with Crippen LogP contribution in [0.4, 0.5) is 18.3 Å². The normalized spacial score (nSPS) is 13.8. The molecule has 17 heavy (non-hydrogen) atoms. The molecule has 0 bridgehead atoms. The van der Waals surface area contributed by atoms with Crippen molar-refractivity contribution < 1.29 is 18.3 Å². The van der Waals surface area contributed by atoms with Crippen molar-refractivity contribution in [1.82, 2.24) is 4.98 Å². The third-order valence-electron chi connectivity index (χ3n) is 2.07. The number of anilines is 1. The zero-order valence-corrected chi connectivity index (χ0v) is 10.5. The highest BCUT2D eigenvalue weighted by atomic mass is 32.1. The molecule has 3 nitrogen and oxygen atoms in total. The Balaban J connectivity index is 2.81. The molecule has 98 valence electrons. The lowest BCUT2D eigenvalue weighted by atomic mass is 10.3. The van der Waals surface area contributed by atoms with Crippen LogP contribution in [0.5, 0.6) is 0 Å². The van der Waals surface area contributed by atoms with E-state index in [0.717, 1.165) is 11.3 Å². The van der Waals surface area contributed by atoms with Gasteiger partial charge in [0, 0.05) is 11.9 Å². The molecular weight excluding hydrogens is 253 g/mol. The van der Waals surface area contributed by atoms with Crippen molar-refractivity contribution in [2.24, 2.45) is 0 Å². The average Bonchev–Trinajstić information content (AvgIpc) is 2.63. The molecule has 0 saturated carbocycles. The zero-order chi connectivity index (χ0) is 13.1. The summed E-state index contributed by atoms with van der Waals surface area (Å²) in [6.45, 7) is 2.64. The second kappa shape index (κ2) is 5.68.